The van der Waals surface area contributed by atoms with Crippen LogP contribution in [0.4, 0.5) is 0 Å². The number of pyridine rings is 1. The number of rotatable bonds is 2. The average Bonchev–Trinajstić information content (AvgIpc) is 2.55. The lowest BCUT2D eigenvalue weighted by atomic mass is 10.1. The van der Waals surface area contributed by atoms with E-state index >= 15 is 0 Å². The Morgan fingerprint density at radius 2 is 1.75 bits per heavy atom. The Balaban J connectivity index is 2.63. The van der Waals surface area contributed by atoms with Gasteiger partial charge in [0.2, 0.25) is 0 Å². The normalized spacial score (nSPS) is 11.9. The molecule has 0 unspecified atom stereocenters. The van der Waals surface area contributed by atoms with Crippen LogP contribution in [-0.2, 0) is 7.05 Å². The quantitative estimate of drug-likeness (QED) is 0.746. The van der Waals surface area contributed by atoms with Crippen LogP contribution in [0.2, 0.25) is 0 Å². The summed E-state index contributed by atoms with van der Waals surface area (Å²) in [6.07, 6.45) is 0. The molecule has 0 atom stereocenters. The van der Waals surface area contributed by atoms with E-state index in [1.54, 1.807) is 0 Å². The summed E-state index contributed by atoms with van der Waals surface area (Å²) < 4.78 is 2.25. The molecule has 0 aliphatic heterocycles. The molecule has 16 heavy (non-hydrogen) atoms. The molecule has 0 saturated carbocycles. The Labute approximate surface area is 97.3 Å². The van der Waals surface area contributed by atoms with Crippen molar-refractivity contribution in [2.45, 2.75) is 39.5 Å². The number of hydrogen-bond donors (Lipinski definition) is 0. The van der Waals surface area contributed by atoms with Crippen molar-refractivity contribution in [2.75, 3.05) is 0 Å². The Bertz CT molecular complexity index is 507. The number of aromatic nitrogens is 2. The van der Waals surface area contributed by atoms with E-state index in [1.165, 1.54) is 16.9 Å². The summed E-state index contributed by atoms with van der Waals surface area (Å²) in [6.45, 7) is 8.80. The minimum atomic E-state index is 0.493. The molecule has 2 aromatic heterocycles. The SMILES string of the molecule is CC(C)c1ccc2c(cc(C(C)C)n2C)n1. The highest BCUT2D eigenvalue weighted by Gasteiger charge is 2.11. The number of fused-ring (bicyclic) bond motifs is 1. The second kappa shape index (κ2) is 3.93. The number of nitrogens with zero attached hydrogens (tertiary/aromatic N) is 2. The Morgan fingerprint density at radius 3 is 2.31 bits per heavy atom. The largest absolute Gasteiger partial charge is 0.346 e. The molecule has 86 valence electrons. The third-order valence-electron chi connectivity index (χ3n) is 3.14. The van der Waals surface area contributed by atoms with Crippen molar-refractivity contribution in [2.24, 2.45) is 7.05 Å². The first-order valence-electron chi connectivity index (χ1n) is 5.97. The zero-order chi connectivity index (χ0) is 11.9. The molecule has 0 aromatic carbocycles. The Kier molecular flexibility index (Phi) is 2.75. The number of aryl methyl sites for hydroxylation is 1. The highest BCUT2D eigenvalue weighted by atomic mass is 15.0. The van der Waals surface area contributed by atoms with E-state index in [4.69, 9.17) is 4.98 Å². The van der Waals surface area contributed by atoms with Crippen LogP contribution in [-0.4, -0.2) is 9.55 Å². The topological polar surface area (TPSA) is 17.8 Å². The second-order valence-corrected chi connectivity index (χ2v) is 5.08. The van der Waals surface area contributed by atoms with Gasteiger partial charge in [-0.2, -0.15) is 0 Å². The summed E-state index contributed by atoms with van der Waals surface area (Å²) in [7, 11) is 2.12. The molecule has 0 bridgehead atoms. The third kappa shape index (κ3) is 1.73. The van der Waals surface area contributed by atoms with Crippen LogP contribution < -0.4 is 0 Å². The summed E-state index contributed by atoms with van der Waals surface area (Å²) in [6, 6.07) is 6.53. The summed E-state index contributed by atoms with van der Waals surface area (Å²) >= 11 is 0. The van der Waals surface area contributed by atoms with Gasteiger partial charge in [-0.05, 0) is 30.0 Å². The molecule has 0 aliphatic rings. The molecule has 0 N–H and O–H groups in total. The maximum atomic E-state index is 4.72. The molecular formula is C14H20N2. The number of hydrogen-bond acceptors (Lipinski definition) is 1. The van der Waals surface area contributed by atoms with Gasteiger partial charge < -0.3 is 4.57 Å². The first kappa shape index (κ1) is 11.2. The standard InChI is InChI=1S/C14H20N2/c1-9(2)11-6-7-13-12(15-11)8-14(10(3)4)16(13)5/h6-10H,1-5H3. The third-order valence-corrected chi connectivity index (χ3v) is 3.14. The highest BCUT2D eigenvalue weighted by Crippen LogP contribution is 2.24. The van der Waals surface area contributed by atoms with E-state index in [-0.39, 0.29) is 0 Å². The van der Waals surface area contributed by atoms with Gasteiger partial charge in [-0.1, -0.05) is 27.7 Å². The van der Waals surface area contributed by atoms with E-state index in [0.29, 0.717) is 11.8 Å². The first-order valence-corrected chi connectivity index (χ1v) is 5.97. The predicted octanol–water partition coefficient (Wildman–Crippen LogP) is 3.82. The fourth-order valence-electron chi connectivity index (χ4n) is 2.12. The van der Waals surface area contributed by atoms with E-state index in [0.717, 1.165) is 5.52 Å². The van der Waals surface area contributed by atoms with Crippen molar-refractivity contribution in [3.63, 3.8) is 0 Å². The summed E-state index contributed by atoms with van der Waals surface area (Å²) in [5.74, 6) is 1.04. The molecule has 0 fully saturated rings. The molecule has 2 heteroatoms. The molecule has 0 saturated heterocycles. The van der Waals surface area contributed by atoms with Crippen LogP contribution in [0.5, 0.6) is 0 Å². The summed E-state index contributed by atoms with van der Waals surface area (Å²) in [5, 5.41) is 0. The van der Waals surface area contributed by atoms with Gasteiger partial charge in [-0.25, -0.2) is 0 Å². The molecule has 2 nitrogen and oxygen atoms in total. The molecule has 0 aliphatic carbocycles. The predicted molar refractivity (Wildman–Crippen MR) is 68.9 cm³/mol. The lowest BCUT2D eigenvalue weighted by Crippen LogP contribution is -1.97. The second-order valence-electron chi connectivity index (χ2n) is 5.08. The highest BCUT2D eigenvalue weighted by molar-refractivity contribution is 5.77. The fraction of sp³-hybridized carbons (Fsp3) is 0.500. The maximum Gasteiger partial charge on any atom is 0.0887 e. The Morgan fingerprint density at radius 1 is 1.06 bits per heavy atom. The molecule has 2 aromatic rings. The smallest absolute Gasteiger partial charge is 0.0887 e. The van der Waals surface area contributed by atoms with Crippen molar-refractivity contribution in [1.82, 2.24) is 9.55 Å². The van der Waals surface area contributed by atoms with Crippen molar-refractivity contribution in [3.8, 4) is 0 Å². The van der Waals surface area contributed by atoms with Crippen LogP contribution >= 0.6 is 0 Å². The van der Waals surface area contributed by atoms with E-state index in [2.05, 4.69) is 57.5 Å². The van der Waals surface area contributed by atoms with E-state index < -0.39 is 0 Å². The van der Waals surface area contributed by atoms with Gasteiger partial charge in [0.05, 0.1) is 11.0 Å². The average molecular weight is 216 g/mol. The minimum Gasteiger partial charge on any atom is -0.346 e. The van der Waals surface area contributed by atoms with Crippen molar-refractivity contribution < 1.29 is 0 Å². The summed E-state index contributed by atoms with van der Waals surface area (Å²) in [5.41, 5.74) is 4.88. The Hall–Kier alpha value is -1.31. The maximum absolute atomic E-state index is 4.72. The van der Waals surface area contributed by atoms with Crippen molar-refractivity contribution in [1.29, 1.82) is 0 Å². The molecule has 0 radical (unpaired) electrons. The van der Waals surface area contributed by atoms with E-state index in [9.17, 15) is 0 Å². The first-order chi connectivity index (χ1) is 7.50. The molecule has 0 spiro atoms. The van der Waals surface area contributed by atoms with Gasteiger partial charge in [0, 0.05) is 18.4 Å². The van der Waals surface area contributed by atoms with E-state index in [1.807, 2.05) is 0 Å². The lowest BCUT2D eigenvalue weighted by Gasteiger charge is -2.07. The van der Waals surface area contributed by atoms with Gasteiger partial charge in [-0.15, -0.1) is 0 Å². The minimum absolute atomic E-state index is 0.493. The van der Waals surface area contributed by atoms with Gasteiger partial charge in [0.1, 0.15) is 0 Å². The lowest BCUT2D eigenvalue weighted by molar-refractivity contribution is 0.755. The van der Waals surface area contributed by atoms with Crippen LogP contribution in [0.25, 0.3) is 11.0 Å². The molecule has 2 heterocycles. The van der Waals surface area contributed by atoms with Crippen molar-refractivity contribution in [3.05, 3.63) is 29.6 Å². The molecule has 0 amide bonds. The van der Waals surface area contributed by atoms with Crippen LogP contribution in [0.15, 0.2) is 18.2 Å². The molecular weight excluding hydrogens is 196 g/mol. The van der Waals surface area contributed by atoms with Gasteiger partial charge in [0.15, 0.2) is 0 Å². The fourth-order valence-corrected chi connectivity index (χ4v) is 2.12. The van der Waals surface area contributed by atoms with Crippen LogP contribution in [0.1, 0.15) is 50.9 Å². The van der Waals surface area contributed by atoms with Crippen LogP contribution in [0.3, 0.4) is 0 Å². The van der Waals surface area contributed by atoms with Gasteiger partial charge in [0.25, 0.3) is 0 Å². The monoisotopic (exact) mass is 216 g/mol. The van der Waals surface area contributed by atoms with Gasteiger partial charge >= 0.3 is 0 Å². The summed E-state index contributed by atoms with van der Waals surface area (Å²) in [4.78, 5) is 4.72. The zero-order valence-corrected chi connectivity index (χ0v) is 10.8. The van der Waals surface area contributed by atoms with Gasteiger partial charge in [-0.3, -0.25) is 4.98 Å². The molecule has 2 rings (SSSR count). The van der Waals surface area contributed by atoms with Crippen LogP contribution in [0, 0.1) is 0 Å². The van der Waals surface area contributed by atoms with Crippen molar-refractivity contribution >= 4 is 11.0 Å². The zero-order valence-electron chi connectivity index (χ0n) is 10.8.